The first kappa shape index (κ1) is 31.3. The zero-order valence-electron chi connectivity index (χ0n) is 22.8. The summed E-state index contributed by atoms with van der Waals surface area (Å²) in [5.74, 6) is -4.13. The van der Waals surface area contributed by atoms with Gasteiger partial charge in [-0.25, -0.2) is 0 Å². The standard InChI is InChI=1S/C28H40N4O5/c1-8-13-19(14-9-2)26(36)32-23(28(6,7)20-15-11-10-12-16-20)27(37)30-18(5)25(35)31-21(17(3)4)22(33)24(29)34/h8,10-18,21,23H,9H2,1-7H3,(H2,29,34)(H,30,37)(H,31,35)(H,32,36). The van der Waals surface area contributed by atoms with Gasteiger partial charge in [0.2, 0.25) is 17.6 Å². The van der Waals surface area contributed by atoms with E-state index in [4.69, 9.17) is 5.73 Å². The smallest absolute Gasteiger partial charge is 0.287 e. The second-order valence-electron chi connectivity index (χ2n) is 9.75. The van der Waals surface area contributed by atoms with Crippen molar-refractivity contribution in [2.45, 2.75) is 78.4 Å². The van der Waals surface area contributed by atoms with Gasteiger partial charge in [-0.15, -0.1) is 0 Å². The molecular weight excluding hydrogens is 472 g/mol. The summed E-state index contributed by atoms with van der Waals surface area (Å²) >= 11 is 0. The van der Waals surface area contributed by atoms with E-state index in [2.05, 4.69) is 16.0 Å². The number of Topliss-reactive ketones (excluding diaryl/α,β-unsaturated/α-hetero) is 1. The average Bonchev–Trinajstić information content (AvgIpc) is 2.84. The molecule has 202 valence electrons. The number of ketones is 1. The van der Waals surface area contributed by atoms with Crippen LogP contribution >= 0.6 is 0 Å². The first-order chi connectivity index (χ1) is 17.3. The lowest BCUT2D eigenvalue weighted by Gasteiger charge is -2.35. The van der Waals surface area contributed by atoms with Crippen LogP contribution in [0.3, 0.4) is 0 Å². The summed E-state index contributed by atoms with van der Waals surface area (Å²) in [6.45, 7) is 12.1. The van der Waals surface area contributed by atoms with Crippen molar-refractivity contribution in [1.82, 2.24) is 16.0 Å². The summed E-state index contributed by atoms with van der Waals surface area (Å²) in [7, 11) is 0. The Morgan fingerprint density at radius 1 is 0.946 bits per heavy atom. The fourth-order valence-electron chi connectivity index (χ4n) is 3.79. The lowest BCUT2D eigenvalue weighted by atomic mass is 9.77. The van der Waals surface area contributed by atoms with Crippen LogP contribution < -0.4 is 21.7 Å². The number of hydrogen-bond acceptors (Lipinski definition) is 5. The maximum absolute atomic E-state index is 13.5. The van der Waals surface area contributed by atoms with Crippen molar-refractivity contribution in [1.29, 1.82) is 0 Å². The van der Waals surface area contributed by atoms with Gasteiger partial charge in [-0.2, -0.15) is 0 Å². The van der Waals surface area contributed by atoms with Gasteiger partial charge < -0.3 is 21.7 Å². The van der Waals surface area contributed by atoms with Crippen molar-refractivity contribution in [2.24, 2.45) is 11.7 Å². The Labute approximate surface area is 219 Å². The highest BCUT2D eigenvalue weighted by Gasteiger charge is 2.39. The number of nitrogens with one attached hydrogen (secondary N) is 3. The third-order valence-electron chi connectivity index (χ3n) is 6.05. The van der Waals surface area contributed by atoms with Crippen LogP contribution in [-0.4, -0.2) is 47.5 Å². The number of carbonyl (C=O) groups is 5. The number of allylic oxidation sites excluding steroid dienone is 2. The molecule has 0 saturated heterocycles. The number of benzene rings is 1. The second kappa shape index (κ2) is 14.1. The molecule has 1 aromatic rings. The van der Waals surface area contributed by atoms with Gasteiger partial charge in [0.05, 0.1) is 6.04 Å². The fraction of sp³-hybridized carbons (Fsp3) is 0.464. The molecule has 0 heterocycles. The molecule has 0 spiro atoms. The molecule has 3 unspecified atom stereocenters. The highest BCUT2D eigenvalue weighted by Crippen LogP contribution is 2.28. The summed E-state index contributed by atoms with van der Waals surface area (Å²) in [5, 5.41) is 7.98. The topological polar surface area (TPSA) is 147 Å². The Balaban J connectivity index is 3.26. The molecule has 5 N–H and O–H groups in total. The highest BCUT2D eigenvalue weighted by molar-refractivity contribution is 6.38. The summed E-state index contributed by atoms with van der Waals surface area (Å²) in [6.07, 6.45) is 5.80. The van der Waals surface area contributed by atoms with Crippen molar-refractivity contribution in [2.75, 3.05) is 0 Å². The molecule has 0 aliphatic heterocycles. The number of hydrogen-bond donors (Lipinski definition) is 4. The molecule has 0 fully saturated rings. The number of carbonyl (C=O) groups excluding carboxylic acids is 5. The van der Waals surface area contributed by atoms with Crippen LogP contribution in [0.25, 0.3) is 0 Å². The van der Waals surface area contributed by atoms with Crippen LogP contribution in [0.2, 0.25) is 0 Å². The first-order valence-electron chi connectivity index (χ1n) is 12.4. The predicted octanol–water partition coefficient (Wildman–Crippen LogP) is 2.06. The summed E-state index contributed by atoms with van der Waals surface area (Å²) < 4.78 is 0. The van der Waals surface area contributed by atoms with Crippen LogP contribution in [0.15, 0.2) is 54.1 Å². The predicted molar refractivity (Wildman–Crippen MR) is 143 cm³/mol. The summed E-state index contributed by atoms with van der Waals surface area (Å²) in [4.78, 5) is 63.0. The third kappa shape index (κ3) is 8.70. The van der Waals surface area contributed by atoms with Gasteiger partial charge in [-0.3, -0.25) is 24.0 Å². The van der Waals surface area contributed by atoms with Crippen molar-refractivity contribution in [3.8, 4) is 0 Å². The van der Waals surface area contributed by atoms with Gasteiger partial charge in [0.15, 0.2) is 0 Å². The molecule has 9 heteroatoms. The maximum Gasteiger partial charge on any atom is 0.287 e. The molecule has 0 radical (unpaired) electrons. The van der Waals surface area contributed by atoms with Gasteiger partial charge >= 0.3 is 0 Å². The molecule has 0 saturated carbocycles. The molecule has 37 heavy (non-hydrogen) atoms. The molecule has 4 amide bonds. The molecule has 1 rings (SSSR count). The monoisotopic (exact) mass is 512 g/mol. The van der Waals surface area contributed by atoms with Gasteiger partial charge in [0.25, 0.3) is 11.8 Å². The molecule has 9 nitrogen and oxygen atoms in total. The molecule has 3 atom stereocenters. The fourth-order valence-corrected chi connectivity index (χ4v) is 3.79. The van der Waals surface area contributed by atoms with E-state index in [-0.39, 0.29) is 0 Å². The molecule has 0 aliphatic carbocycles. The van der Waals surface area contributed by atoms with Crippen LogP contribution in [0, 0.1) is 5.92 Å². The Bertz CT molecular complexity index is 1040. The largest absolute Gasteiger partial charge is 0.363 e. The zero-order chi connectivity index (χ0) is 28.3. The van der Waals surface area contributed by atoms with E-state index >= 15 is 0 Å². The zero-order valence-corrected chi connectivity index (χ0v) is 22.8. The van der Waals surface area contributed by atoms with E-state index in [0.717, 1.165) is 5.56 Å². The van der Waals surface area contributed by atoms with E-state index in [1.165, 1.54) is 6.92 Å². The van der Waals surface area contributed by atoms with Gasteiger partial charge in [0, 0.05) is 11.0 Å². The van der Waals surface area contributed by atoms with Crippen molar-refractivity contribution < 1.29 is 24.0 Å². The Hall–Kier alpha value is -3.75. The lowest BCUT2D eigenvalue weighted by Crippen LogP contribution is -2.60. The van der Waals surface area contributed by atoms with E-state index in [0.29, 0.717) is 12.0 Å². The van der Waals surface area contributed by atoms with Crippen LogP contribution in [-0.2, 0) is 29.4 Å². The first-order valence-corrected chi connectivity index (χ1v) is 12.4. The van der Waals surface area contributed by atoms with Crippen molar-refractivity contribution in [3.05, 3.63) is 59.7 Å². The molecule has 0 bridgehead atoms. The average molecular weight is 513 g/mol. The van der Waals surface area contributed by atoms with E-state index < -0.39 is 58.9 Å². The minimum Gasteiger partial charge on any atom is -0.363 e. The minimum atomic E-state index is -1.15. The molecule has 0 aliphatic rings. The highest BCUT2D eigenvalue weighted by atomic mass is 16.2. The van der Waals surface area contributed by atoms with E-state index in [1.807, 2.05) is 51.1 Å². The molecule has 1 aromatic carbocycles. The van der Waals surface area contributed by atoms with Gasteiger partial charge in [-0.1, -0.05) is 83.2 Å². The van der Waals surface area contributed by atoms with Crippen molar-refractivity contribution >= 4 is 29.4 Å². The summed E-state index contributed by atoms with van der Waals surface area (Å²) in [5.41, 5.74) is 5.48. The summed E-state index contributed by atoms with van der Waals surface area (Å²) in [6, 6.07) is 6.02. The second-order valence-corrected chi connectivity index (χ2v) is 9.75. The molecular formula is C28H40N4O5. The Morgan fingerprint density at radius 2 is 1.54 bits per heavy atom. The van der Waals surface area contributed by atoms with Crippen LogP contribution in [0.1, 0.15) is 60.5 Å². The van der Waals surface area contributed by atoms with Crippen molar-refractivity contribution in [3.63, 3.8) is 0 Å². The quantitative estimate of drug-likeness (QED) is 0.181. The number of rotatable bonds is 13. The third-order valence-corrected chi connectivity index (χ3v) is 6.05. The van der Waals surface area contributed by atoms with Gasteiger partial charge in [0.1, 0.15) is 12.1 Å². The van der Waals surface area contributed by atoms with Crippen LogP contribution in [0.5, 0.6) is 0 Å². The number of nitrogens with two attached hydrogens (primary N) is 1. The SMILES string of the molecule is CC=CC(=CCC)C(=O)NC(C(=O)NC(C)C(=O)NC(C(=O)C(N)=O)C(C)C)C(C)(C)c1ccccc1. The lowest BCUT2D eigenvalue weighted by molar-refractivity contribution is -0.139. The number of amides is 4. The maximum atomic E-state index is 13.5. The Morgan fingerprint density at radius 3 is 2.03 bits per heavy atom. The van der Waals surface area contributed by atoms with Gasteiger partial charge in [-0.05, 0) is 31.7 Å². The number of primary amides is 1. The van der Waals surface area contributed by atoms with Crippen LogP contribution in [0.4, 0.5) is 0 Å². The minimum absolute atomic E-state index is 0.397. The molecule has 0 aromatic heterocycles. The Kier molecular flexibility index (Phi) is 11.9. The normalized spacial score (nSPS) is 14.5. The van der Waals surface area contributed by atoms with E-state index in [9.17, 15) is 24.0 Å². The van der Waals surface area contributed by atoms with E-state index in [1.54, 1.807) is 39.0 Å².